The van der Waals surface area contributed by atoms with Gasteiger partial charge in [-0.2, -0.15) is 4.31 Å². The van der Waals surface area contributed by atoms with Crippen molar-refractivity contribution in [2.75, 3.05) is 30.3 Å². The van der Waals surface area contributed by atoms with Crippen molar-refractivity contribution in [2.45, 2.75) is 44.6 Å². The fraction of sp³-hybridized carbons (Fsp3) is 0.417. The Morgan fingerprint density at radius 2 is 1.68 bits per heavy atom. The number of para-hydroxylation sites is 1. The molecule has 10 heteroatoms. The molecule has 0 bridgehead atoms. The first-order valence-corrected chi connectivity index (χ1v) is 12.9. The van der Waals surface area contributed by atoms with E-state index < -0.39 is 28.0 Å². The topological polar surface area (TPSA) is 117 Å². The number of anilines is 2. The average Bonchev–Trinajstić information content (AvgIpc) is 3.35. The number of benzene rings is 2. The number of hydrogen-bond acceptors (Lipinski definition) is 5. The fourth-order valence-corrected chi connectivity index (χ4v) is 5.39. The van der Waals surface area contributed by atoms with E-state index in [0.29, 0.717) is 31.1 Å². The highest BCUT2D eigenvalue weighted by molar-refractivity contribution is 7.89. The molecule has 0 spiro atoms. The van der Waals surface area contributed by atoms with Crippen LogP contribution in [0.5, 0.6) is 5.75 Å². The van der Waals surface area contributed by atoms with Crippen LogP contribution >= 0.6 is 0 Å². The van der Waals surface area contributed by atoms with Crippen molar-refractivity contribution in [3.05, 3.63) is 48.5 Å². The van der Waals surface area contributed by atoms with Crippen molar-refractivity contribution in [1.82, 2.24) is 9.62 Å². The summed E-state index contributed by atoms with van der Waals surface area (Å²) in [4.78, 5) is 25.5. The lowest BCUT2D eigenvalue weighted by Crippen LogP contribution is -2.48. The number of urea groups is 1. The molecular formula is C24H32N4O5S. The SMILES string of the molecule is CCOc1ccc(NC(=O)[C@H](NC(=O)Nc2ccccc2)C(C)C)cc1S(=O)(=O)N1CCCC1. The number of carbonyl (C=O) groups is 2. The van der Waals surface area contributed by atoms with E-state index in [2.05, 4.69) is 16.0 Å². The Morgan fingerprint density at radius 3 is 2.29 bits per heavy atom. The highest BCUT2D eigenvalue weighted by atomic mass is 32.2. The van der Waals surface area contributed by atoms with E-state index in [1.807, 2.05) is 19.9 Å². The summed E-state index contributed by atoms with van der Waals surface area (Å²) >= 11 is 0. The van der Waals surface area contributed by atoms with E-state index in [1.54, 1.807) is 43.3 Å². The van der Waals surface area contributed by atoms with E-state index in [-0.39, 0.29) is 16.6 Å². The molecule has 1 saturated heterocycles. The minimum Gasteiger partial charge on any atom is -0.492 e. The van der Waals surface area contributed by atoms with Gasteiger partial charge < -0.3 is 20.7 Å². The van der Waals surface area contributed by atoms with Gasteiger partial charge in [-0.1, -0.05) is 32.0 Å². The summed E-state index contributed by atoms with van der Waals surface area (Å²) < 4.78 is 33.4. The number of rotatable bonds is 9. The molecule has 0 aliphatic carbocycles. The third-order valence-corrected chi connectivity index (χ3v) is 7.38. The number of ether oxygens (including phenoxy) is 1. The molecule has 184 valence electrons. The maximum absolute atomic E-state index is 13.2. The molecule has 3 rings (SSSR count). The van der Waals surface area contributed by atoms with Crippen LogP contribution in [-0.4, -0.2) is 50.4 Å². The van der Waals surface area contributed by atoms with Crippen LogP contribution in [0.3, 0.4) is 0 Å². The second-order valence-electron chi connectivity index (χ2n) is 8.38. The zero-order chi connectivity index (χ0) is 24.7. The Labute approximate surface area is 200 Å². The summed E-state index contributed by atoms with van der Waals surface area (Å²) in [5, 5.41) is 8.13. The Hall–Kier alpha value is -3.11. The molecule has 1 heterocycles. The van der Waals surface area contributed by atoms with Crippen molar-refractivity contribution in [1.29, 1.82) is 0 Å². The van der Waals surface area contributed by atoms with Crippen LogP contribution in [0, 0.1) is 5.92 Å². The third-order valence-electron chi connectivity index (χ3n) is 5.46. The van der Waals surface area contributed by atoms with Crippen LogP contribution < -0.4 is 20.7 Å². The molecule has 0 unspecified atom stereocenters. The molecule has 1 atom stereocenters. The van der Waals surface area contributed by atoms with Crippen LogP contribution in [0.15, 0.2) is 53.4 Å². The number of hydrogen-bond donors (Lipinski definition) is 3. The number of amides is 3. The third kappa shape index (κ3) is 6.27. The van der Waals surface area contributed by atoms with E-state index in [9.17, 15) is 18.0 Å². The summed E-state index contributed by atoms with van der Waals surface area (Å²) in [6.45, 7) is 6.63. The second-order valence-corrected chi connectivity index (χ2v) is 10.3. The Kier molecular flexibility index (Phi) is 8.51. The molecule has 0 saturated carbocycles. The molecule has 1 aliphatic heterocycles. The molecule has 2 aromatic rings. The van der Waals surface area contributed by atoms with Crippen LogP contribution in [-0.2, 0) is 14.8 Å². The molecule has 2 aromatic carbocycles. The predicted molar refractivity (Wildman–Crippen MR) is 131 cm³/mol. The van der Waals surface area contributed by atoms with Crippen LogP contribution in [0.1, 0.15) is 33.6 Å². The van der Waals surface area contributed by atoms with Crippen molar-refractivity contribution in [3.8, 4) is 5.75 Å². The summed E-state index contributed by atoms with van der Waals surface area (Å²) in [7, 11) is -3.76. The summed E-state index contributed by atoms with van der Waals surface area (Å²) in [5.74, 6) is -0.419. The van der Waals surface area contributed by atoms with Crippen molar-refractivity contribution < 1.29 is 22.7 Å². The van der Waals surface area contributed by atoms with Crippen molar-refractivity contribution in [2.24, 2.45) is 5.92 Å². The van der Waals surface area contributed by atoms with Gasteiger partial charge in [0.05, 0.1) is 6.61 Å². The number of nitrogens with one attached hydrogen (secondary N) is 3. The summed E-state index contributed by atoms with van der Waals surface area (Å²) in [6.07, 6.45) is 1.62. The van der Waals surface area contributed by atoms with Crippen LogP contribution in [0.25, 0.3) is 0 Å². The Morgan fingerprint density at radius 1 is 1.00 bits per heavy atom. The first kappa shape index (κ1) is 25.5. The van der Waals surface area contributed by atoms with Gasteiger partial charge in [0.25, 0.3) is 0 Å². The van der Waals surface area contributed by atoms with E-state index in [4.69, 9.17) is 4.74 Å². The molecule has 3 amide bonds. The maximum Gasteiger partial charge on any atom is 0.319 e. The summed E-state index contributed by atoms with van der Waals surface area (Å²) in [5.41, 5.74) is 0.910. The quantitative estimate of drug-likeness (QED) is 0.498. The zero-order valence-electron chi connectivity index (χ0n) is 19.7. The lowest BCUT2D eigenvalue weighted by Gasteiger charge is -2.23. The first-order valence-electron chi connectivity index (χ1n) is 11.4. The standard InChI is InChI=1S/C24H32N4O5S/c1-4-33-20-13-12-19(16-21(20)34(31,32)28-14-8-9-15-28)25-23(29)22(17(2)3)27-24(30)26-18-10-6-5-7-11-18/h5-7,10-13,16-17,22H,4,8-9,14-15H2,1-3H3,(H,25,29)(H2,26,27,30)/t22-/m1/s1. The minimum atomic E-state index is -3.76. The monoisotopic (exact) mass is 488 g/mol. The van der Waals surface area contributed by atoms with Gasteiger partial charge >= 0.3 is 6.03 Å². The van der Waals surface area contributed by atoms with Gasteiger partial charge in [-0.05, 0) is 56.0 Å². The predicted octanol–water partition coefficient (Wildman–Crippen LogP) is 3.65. The second kappa shape index (κ2) is 11.3. The number of sulfonamides is 1. The van der Waals surface area contributed by atoms with Gasteiger partial charge in [-0.15, -0.1) is 0 Å². The normalized spacial score (nSPS) is 15.1. The molecule has 0 aromatic heterocycles. The first-order chi connectivity index (χ1) is 16.2. The molecule has 1 fully saturated rings. The molecule has 1 aliphatic rings. The Balaban J connectivity index is 1.78. The highest BCUT2D eigenvalue weighted by Crippen LogP contribution is 2.31. The Bertz CT molecular complexity index is 1100. The fourth-order valence-electron chi connectivity index (χ4n) is 3.71. The summed E-state index contributed by atoms with van der Waals surface area (Å²) in [6, 6.07) is 12.1. The van der Waals surface area contributed by atoms with Gasteiger partial charge in [-0.25, -0.2) is 13.2 Å². The van der Waals surface area contributed by atoms with Gasteiger partial charge in [0.15, 0.2) is 0 Å². The lowest BCUT2D eigenvalue weighted by molar-refractivity contribution is -0.118. The van der Waals surface area contributed by atoms with Gasteiger partial charge in [0.2, 0.25) is 15.9 Å². The maximum atomic E-state index is 13.2. The highest BCUT2D eigenvalue weighted by Gasteiger charge is 2.31. The minimum absolute atomic E-state index is 0.0185. The molecule has 3 N–H and O–H groups in total. The molecule has 34 heavy (non-hydrogen) atoms. The van der Waals surface area contributed by atoms with E-state index in [0.717, 1.165) is 12.8 Å². The molecule has 9 nitrogen and oxygen atoms in total. The molecule has 0 radical (unpaired) electrons. The van der Waals surface area contributed by atoms with Gasteiger partial charge in [-0.3, -0.25) is 4.79 Å². The van der Waals surface area contributed by atoms with Crippen LogP contribution in [0.4, 0.5) is 16.2 Å². The van der Waals surface area contributed by atoms with Gasteiger partial charge in [0.1, 0.15) is 16.7 Å². The van der Waals surface area contributed by atoms with E-state index >= 15 is 0 Å². The number of nitrogens with zero attached hydrogens (tertiary/aromatic N) is 1. The largest absolute Gasteiger partial charge is 0.492 e. The zero-order valence-corrected chi connectivity index (χ0v) is 20.5. The van der Waals surface area contributed by atoms with Crippen molar-refractivity contribution in [3.63, 3.8) is 0 Å². The van der Waals surface area contributed by atoms with E-state index in [1.165, 1.54) is 10.4 Å². The van der Waals surface area contributed by atoms with Crippen LogP contribution in [0.2, 0.25) is 0 Å². The van der Waals surface area contributed by atoms with Gasteiger partial charge in [0, 0.05) is 24.5 Å². The smallest absolute Gasteiger partial charge is 0.319 e. The van der Waals surface area contributed by atoms with Crippen molar-refractivity contribution >= 4 is 33.3 Å². The number of carbonyl (C=O) groups excluding carboxylic acids is 2. The lowest BCUT2D eigenvalue weighted by atomic mass is 10.0. The molecular weight excluding hydrogens is 456 g/mol. The average molecular weight is 489 g/mol.